The third-order valence-electron chi connectivity index (χ3n) is 10.9. The van der Waals surface area contributed by atoms with Gasteiger partial charge in [-0.05, 0) is 82.6 Å². The quantitative estimate of drug-likeness (QED) is 0.161. The van der Waals surface area contributed by atoms with E-state index in [-0.39, 0.29) is 44.3 Å². The van der Waals surface area contributed by atoms with Crippen LogP contribution in [0.4, 0.5) is 5.69 Å². The van der Waals surface area contributed by atoms with Crippen molar-refractivity contribution >= 4 is 22.4 Å². The Bertz CT molecular complexity index is 2470. The number of fused-ring (bicyclic) bond motifs is 2. The van der Waals surface area contributed by atoms with Crippen molar-refractivity contribution in [1.29, 1.82) is 0 Å². The second kappa shape index (κ2) is 15.5. The van der Waals surface area contributed by atoms with Crippen LogP contribution in [0.15, 0.2) is 145 Å². The van der Waals surface area contributed by atoms with Crippen molar-refractivity contribution in [3.05, 3.63) is 157 Å². The van der Waals surface area contributed by atoms with Gasteiger partial charge in [0.25, 0.3) is 0 Å². The van der Waals surface area contributed by atoms with Gasteiger partial charge in [-0.15, -0.1) is 17.7 Å². The normalized spacial score (nSPS) is 16.6. The molecule has 2 atom stereocenters. The fourth-order valence-corrected chi connectivity index (χ4v) is 8.10. The van der Waals surface area contributed by atoms with E-state index in [2.05, 4.69) is 146 Å². The monoisotopic (exact) mass is 914 g/mol. The van der Waals surface area contributed by atoms with Crippen LogP contribution in [0, 0.1) is 6.07 Å². The van der Waals surface area contributed by atoms with Crippen LogP contribution in [0.3, 0.4) is 0 Å². The minimum atomic E-state index is -0.109. The predicted octanol–water partition coefficient (Wildman–Crippen LogP) is 11.8. The Balaban J connectivity index is 0.00000441. The van der Waals surface area contributed by atoms with Crippen LogP contribution in [0.25, 0.3) is 44.3 Å². The smallest absolute Gasteiger partial charge is 0.220 e. The number of hydrogen-bond acceptors (Lipinski definition) is 6. The number of rotatable bonds is 7. The zero-order chi connectivity index (χ0) is 37.5. The molecule has 5 aromatic carbocycles. The molecule has 2 aliphatic rings. The molecular weight excluding hydrogens is 872 g/mol. The van der Waals surface area contributed by atoms with Gasteiger partial charge in [0.15, 0.2) is 5.88 Å². The minimum absolute atomic E-state index is 0. The zero-order valence-corrected chi connectivity index (χ0v) is 34.0. The number of amidine groups is 1. The first-order chi connectivity index (χ1) is 26.8. The number of aromatic hydroxyl groups is 1. The number of pyridine rings is 2. The molecule has 6 nitrogen and oxygen atoms in total. The van der Waals surface area contributed by atoms with Crippen molar-refractivity contribution in [2.75, 3.05) is 4.90 Å². The standard InChI is InChI=1S/C49H43N4O2.Pt/c1-49(2,3)38-27-35-23-24-44(52-46(35)43(54)31-38)55-45-30-36(25-26-50-45)48-51-41-21-13-14-22-42(41)53(48)47-39(33-17-9-5-10-18-33)28-37(32-15-7-4-8-16-32)29-40(47)34-19-11-6-12-20-34;/h4-12,15-20,23-29,31,41-42,54H,13-14,21-22H2,1-3H3;/q-1;/t41-,42?;/m0./s1. The fourth-order valence-electron chi connectivity index (χ4n) is 8.10. The second-order valence-electron chi connectivity index (χ2n) is 15.6. The molecule has 0 radical (unpaired) electrons. The molecule has 9 rings (SSSR count). The number of nitrogens with zero attached hydrogens (tertiary/aromatic N) is 4. The first-order valence-corrected chi connectivity index (χ1v) is 19.2. The van der Waals surface area contributed by atoms with Crippen molar-refractivity contribution in [3.63, 3.8) is 0 Å². The summed E-state index contributed by atoms with van der Waals surface area (Å²) in [6.45, 7) is 6.38. The largest absolute Gasteiger partial charge is 0.506 e. The molecule has 1 aliphatic heterocycles. The third-order valence-corrected chi connectivity index (χ3v) is 10.9. The van der Waals surface area contributed by atoms with E-state index in [4.69, 9.17) is 14.7 Å². The number of phenolic OH excluding ortho intramolecular Hbond substituents is 1. The average molecular weight is 915 g/mol. The van der Waals surface area contributed by atoms with Crippen molar-refractivity contribution < 1.29 is 30.9 Å². The molecule has 282 valence electrons. The van der Waals surface area contributed by atoms with Gasteiger partial charge in [-0.2, -0.15) is 0 Å². The molecular formula is C49H43N4O2Pt-. The molecule has 7 aromatic rings. The third kappa shape index (κ3) is 7.26. The molecule has 0 spiro atoms. The van der Waals surface area contributed by atoms with E-state index in [1.807, 2.05) is 18.2 Å². The van der Waals surface area contributed by atoms with E-state index in [9.17, 15) is 5.11 Å². The second-order valence-corrected chi connectivity index (χ2v) is 15.6. The Labute approximate surface area is 343 Å². The molecule has 7 heteroatoms. The van der Waals surface area contributed by atoms with Gasteiger partial charge >= 0.3 is 0 Å². The summed E-state index contributed by atoms with van der Waals surface area (Å²) in [6.07, 6.45) is 6.13. The summed E-state index contributed by atoms with van der Waals surface area (Å²) in [4.78, 5) is 17.3. The summed E-state index contributed by atoms with van der Waals surface area (Å²) in [5.41, 5.74) is 10.3. The van der Waals surface area contributed by atoms with E-state index in [0.29, 0.717) is 17.3 Å². The van der Waals surface area contributed by atoms with Crippen LogP contribution in [-0.2, 0) is 26.5 Å². The first kappa shape index (κ1) is 37.3. The van der Waals surface area contributed by atoms with Crippen LogP contribution < -0.4 is 9.64 Å². The van der Waals surface area contributed by atoms with Crippen LogP contribution in [-0.4, -0.2) is 33.0 Å². The summed E-state index contributed by atoms with van der Waals surface area (Å²) >= 11 is 0. The Hall–Kier alpha value is -5.58. The van der Waals surface area contributed by atoms with Gasteiger partial charge in [0.05, 0.1) is 6.04 Å². The molecule has 1 fully saturated rings. The molecule has 0 amide bonds. The van der Waals surface area contributed by atoms with Gasteiger partial charge in [0.1, 0.15) is 11.3 Å². The van der Waals surface area contributed by atoms with E-state index in [1.54, 1.807) is 12.3 Å². The van der Waals surface area contributed by atoms with Crippen molar-refractivity contribution in [2.24, 2.45) is 4.99 Å². The topological polar surface area (TPSA) is 70.8 Å². The molecule has 56 heavy (non-hydrogen) atoms. The molecule has 1 unspecified atom stereocenters. The van der Waals surface area contributed by atoms with Crippen molar-refractivity contribution in [3.8, 4) is 50.9 Å². The molecule has 1 aliphatic carbocycles. The van der Waals surface area contributed by atoms with E-state index in [1.165, 1.54) is 5.56 Å². The van der Waals surface area contributed by atoms with Gasteiger partial charge in [-0.25, -0.2) is 9.97 Å². The van der Waals surface area contributed by atoms with Gasteiger partial charge < -0.3 is 19.7 Å². The number of anilines is 1. The summed E-state index contributed by atoms with van der Waals surface area (Å²) in [5.74, 6) is 1.61. The maximum absolute atomic E-state index is 11.0. The zero-order valence-electron chi connectivity index (χ0n) is 31.7. The van der Waals surface area contributed by atoms with Crippen LogP contribution in [0.1, 0.15) is 57.6 Å². The number of benzene rings is 5. The predicted molar refractivity (Wildman–Crippen MR) is 223 cm³/mol. The maximum Gasteiger partial charge on any atom is 0.220 e. The van der Waals surface area contributed by atoms with Crippen molar-refractivity contribution in [1.82, 2.24) is 9.97 Å². The summed E-state index contributed by atoms with van der Waals surface area (Å²) in [7, 11) is 0. The minimum Gasteiger partial charge on any atom is -0.506 e. The van der Waals surface area contributed by atoms with E-state index < -0.39 is 0 Å². The van der Waals surface area contributed by atoms with Gasteiger partial charge in [0, 0.05) is 61.2 Å². The van der Waals surface area contributed by atoms with E-state index in [0.717, 1.165) is 81.5 Å². The maximum atomic E-state index is 11.0. The number of hydrogen-bond donors (Lipinski definition) is 1. The first-order valence-electron chi connectivity index (χ1n) is 19.2. The number of aliphatic imine (C=N–C) groups is 1. The van der Waals surface area contributed by atoms with Crippen LogP contribution in [0.5, 0.6) is 17.5 Å². The molecule has 2 aromatic heterocycles. The number of aromatic nitrogens is 2. The molecule has 0 saturated heterocycles. The number of phenols is 1. The molecule has 1 saturated carbocycles. The Morgan fingerprint density at radius 2 is 1.34 bits per heavy atom. The summed E-state index contributed by atoms with van der Waals surface area (Å²) in [6, 6.07) is 50.1. The average Bonchev–Trinajstić information content (AvgIpc) is 3.61. The summed E-state index contributed by atoms with van der Waals surface area (Å²) < 4.78 is 6.29. The molecule has 3 heterocycles. The van der Waals surface area contributed by atoms with E-state index >= 15 is 0 Å². The van der Waals surface area contributed by atoms with Crippen LogP contribution >= 0.6 is 0 Å². The summed E-state index contributed by atoms with van der Waals surface area (Å²) in [5, 5.41) is 11.8. The molecule has 0 bridgehead atoms. The van der Waals surface area contributed by atoms with Gasteiger partial charge in [0.2, 0.25) is 5.88 Å². The Morgan fingerprint density at radius 1 is 0.714 bits per heavy atom. The number of ether oxygens (including phenoxy) is 1. The Morgan fingerprint density at radius 3 is 1.98 bits per heavy atom. The SMILES string of the molecule is CC(C)(C)c1cc(O)c2nc(Oc3[c-]c(C4=N[C@H]5CCCCC5N4c4c(-c5ccccc5)cc(-c5ccccc5)cc4-c4ccccc4)ccn3)ccc2c1.[Pt]. The van der Waals surface area contributed by atoms with Crippen molar-refractivity contribution in [2.45, 2.75) is 64.0 Å². The Kier molecular flexibility index (Phi) is 10.3. The fraction of sp³-hybridized carbons (Fsp3) is 0.204. The molecule has 1 N–H and O–H groups in total. The van der Waals surface area contributed by atoms with Gasteiger partial charge in [-0.3, -0.25) is 0 Å². The van der Waals surface area contributed by atoms with Crippen LogP contribution in [0.2, 0.25) is 0 Å². The van der Waals surface area contributed by atoms with Gasteiger partial charge in [-0.1, -0.05) is 125 Å².